The molecule has 0 aromatic carbocycles. The van der Waals surface area contributed by atoms with Gasteiger partial charge in [-0.3, -0.25) is 14.3 Å². The summed E-state index contributed by atoms with van der Waals surface area (Å²) in [5, 5.41) is 7.04. The summed E-state index contributed by atoms with van der Waals surface area (Å²) in [4.78, 5) is 27.6. The van der Waals surface area contributed by atoms with Gasteiger partial charge in [0.05, 0.1) is 33.8 Å². The highest BCUT2D eigenvalue weighted by Gasteiger charge is 2.26. The maximum absolute atomic E-state index is 12.9. The van der Waals surface area contributed by atoms with Gasteiger partial charge in [0, 0.05) is 24.1 Å². The summed E-state index contributed by atoms with van der Waals surface area (Å²) in [6.45, 7) is 4.55. The molecule has 0 bridgehead atoms. The number of hydrogen-bond donors (Lipinski definition) is 1. The predicted molar refractivity (Wildman–Crippen MR) is 102 cm³/mol. The van der Waals surface area contributed by atoms with Gasteiger partial charge in [-0.2, -0.15) is 5.10 Å². The van der Waals surface area contributed by atoms with Crippen LogP contribution in [-0.4, -0.2) is 52.8 Å². The molecule has 0 saturated carbocycles. The van der Waals surface area contributed by atoms with Crippen molar-refractivity contribution in [2.24, 2.45) is 0 Å². The van der Waals surface area contributed by atoms with Gasteiger partial charge in [0.15, 0.2) is 0 Å². The Morgan fingerprint density at radius 3 is 2.68 bits per heavy atom. The summed E-state index contributed by atoms with van der Waals surface area (Å²) in [5.74, 6) is -0.422. The van der Waals surface area contributed by atoms with Gasteiger partial charge in [0.1, 0.15) is 5.69 Å². The molecule has 0 aliphatic carbocycles. The van der Waals surface area contributed by atoms with Crippen LogP contribution in [0.4, 0.5) is 5.69 Å². The molecule has 10 heteroatoms. The first-order valence-electron chi connectivity index (χ1n) is 7.70. The largest absolute Gasteiger partial charge is 0.378 e. The zero-order valence-corrected chi connectivity index (χ0v) is 17.4. The maximum Gasteiger partial charge on any atom is 0.274 e. The van der Waals surface area contributed by atoms with Gasteiger partial charge in [-0.15, -0.1) is 11.3 Å². The highest BCUT2D eigenvalue weighted by atomic mass is 79.9. The van der Waals surface area contributed by atoms with E-state index in [0.29, 0.717) is 49.1 Å². The van der Waals surface area contributed by atoms with Crippen molar-refractivity contribution in [3.63, 3.8) is 0 Å². The fraction of sp³-hybridized carbons (Fsp3) is 0.400. The number of hydrogen-bond acceptors (Lipinski definition) is 5. The predicted octanol–water partition coefficient (Wildman–Crippen LogP) is 3.21. The molecule has 1 N–H and O–H groups in total. The Balaban J connectivity index is 1.85. The first-order valence-corrected chi connectivity index (χ1v) is 10.1. The van der Waals surface area contributed by atoms with Crippen molar-refractivity contribution < 1.29 is 14.3 Å². The van der Waals surface area contributed by atoms with Crippen LogP contribution in [0, 0.1) is 0 Å². The third-order valence-corrected chi connectivity index (χ3v) is 7.01. The molecule has 1 saturated heterocycles. The molecule has 2 aromatic rings. The molecule has 7 nitrogen and oxygen atoms in total. The van der Waals surface area contributed by atoms with E-state index in [1.54, 1.807) is 15.6 Å². The number of rotatable bonds is 4. The first kappa shape index (κ1) is 18.6. The van der Waals surface area contributed by atoms with E-state index in [1.165, 1.54) is 17.5 Å². The van der Waals surface area contributed by atoms with Crippen molar-refractivity contribution in [1.82, 2.24) is 14.7 Å². The minimum Gasteiger partial charge on any atom is -0.378 e. The Hall–Kier alpha value is -1.23. The summed E-state index contributed by atoms with van der Waals surface area (Å²) in [5.41, 5.74) is 0.816. The summed E-state index contributed by atoms with van der Waals surface area (Å²) < 4.78 is 8.56. The number of aromatic nitrogens is 2. The number of ether oxygens (including phenoxy) is 1. The van der Waals surface area contributed by atoms with E-state index in [2.05, 4.69) is 42.3 Å². The highest BCUT2D eigenvalue weighted by molar-refractivity contribution is 9.13. The standard InChI is InChI=1S/C15H16Br2N4O3S/c1-2-21-12(15(23)20-3-5-24-6-4-20)10(8-18-21)19-14(22)11-7-9(16)13(17)25-11/h7-8H,2-6H2,1H3,(H,19,22). The van der Waals surface area contributed by atoms with Crippen LogP contribution in [0.25, 0.3) is 0 Å². The second-order valence-electron chi connectivity index (χ2n) is 5.31. The lowest BCUT2D eigenvalue weighted by Crippen LogP contribution is -2.41. The molecule has 3 rings (SSSR count). The van der Waals surface area contributed by atoms with Crippen LogP contribution in [0.15, 0.2) is 20.5 Å². The van der Waals surface area contributed by atoms with Crippen LogP contribution in [0.2, 0.25) is 0 Å². The number of halogens is 2. The molecule has 2 aromatic heterocycles. The van der Waals surface area contributed by atoms with Crippen LogP contribution < -0.4 is 5.32 Å². The first-order chi connectivity index (χ1) is 12.0. The van der Waals surface area contributed by atoms with Crippen molar-refractivity contribution >= 4 is 60.7 Å². The summed E-state index contributed by atoms with van der Waals surface area (Å²) in [7, 11) is 0. The van der Waals surface area contributed by atoms with Gasteiger partial charge >= 0.3 is 0 Å². The Labute approximate surface area is 165 Å². The van der Waals surface area contributed by atoms with Crippen LogP contribution in [-0.2, 0) is 11.3 Å². The minimum absolute atomic E-state index is 0.147. The number of anilines is 1. The van der Waals surface area contributed by atoms with Crippen LogP contribution in [0.1, 0.15) is 27.1 Å². The lowest BCUT2D eigenvalue weighted by Gasteiger charge is -2.27. The quantitative estimate of drug-likeness (QED) is 0.712. The normalized spacial score (nSPS) is 14.6. The Kier molecular flexibility index (Phi) is 5.92. The van der Waals surface area contributed by atoms with Gasteiger partial charge < -0.3 is 15.0 Å². The minimum atomic E-state index is -0.275. The lowest BCUT2D eigenvalue weighted by atomic mass is 10.2. The fourth-order valence-corrected chi connectivity index (χ4v) is 4.43. The van der Waals surface area contributed by atoms with Crippen LogP contribution >= 0.6 is 43.2 Å². The zero-order chi connectivity index (χ0) is 18.0. The summed E-state index contributed by atoms with van der Waals surface area (Å²) >= 11 is 8.06. The van der Waals surface area contributed by atoms with E-state index in [0.717, 1.165) is 8.26 Å². The average molecular weight is 492 g/mol. The Morgan fingerprint density at radius 1 is 1.36 bits per heavy atom. The summed E-state index contributed by atoms with van der Waals surface area (Å²) in [6.07, 6.45) is 1.52. The molecule has 1 aliphatic rings. The molecule has 134 valence electrons. The molecule has 0 unspecified atom stereocenters. The zero-order valence-electron chi connectivity index (χ0n) is 13.4. The second-order valence-corrected chi connectivity index (χ2v) is 8.54. The van der Waals surface area contributed by atoms with Crippen LogP contribution in [0.3, 0.4) is 0 Å². The number of nitrogens with zero attached hydrogens (tertiary/aromatic N) is 3. The van der Waals surface area contributed by atoms with Gasteiger partial charge in [-0.05, 0) is 44.8 Å². The molecular weight excluding hydrogens is 476 g/mol. The number of carbonyl (C=O) groups excluding carboxylic acids is 2. The number of morpholine rings is 1. The van der Waals surface area contributed by atoms with E-state index < -0.39 is 0 Å². The molecule has 2 amide bonds. The van der Waals surface area contributed by atoms with Gasteiger partial charge in [-0.1, -0.05) is 0 Å². The van der Waals surface area contributed by atoms with Gasteiger partial charge in [-0.25, -0.2) is 0 Å². The van der Waals surface area contributed by atoms with Crippen molar-refractivity contribution in [3.8, 4) is 0 Å². The topological polar surface area (TPSA) is 76.5 Å². The van der Waals surface area contributed by atoms with Gasteiger partial charge in [0.2, 0.25) is 0 Å². The van der Waals surface area contributed by atoms with E-state index in [-0.39, 0.29) is 11.8 Å². The van der Waals surface area contributed by atoms with Crippen molar-refractivity contribution in [2.45, 2.75) is 13.5 Å². The molecule has 3 heterocycles. The lowest BCUT2D eigenvalue weighted by molar-refractivity contribution is 0.0295. The molecule has 25 heavy (non-hydrogen) atoms. The summed E-state index contributed by atoms with van der Waals surface area (Å²) in [6, 6.07) is 1.73. The average Bonchev–Trinajstić information content (AvgIpc) is 3.18. The fourth-order valence-electron chi connectivity index (χ4n) is 2.50. The number of thiophene rings is 1. The molecule has 0 atom stereocenters. The van der Waals surface area contributed by atoms with Crippen molar-refractivity contribution in [3.05, 3.63) is 31.1 Å². The van der Waals surface area contributed by atoms with Crippen LogP contribution in [0.5, 0.6) is 0 Å². The Morgan fingerprint density at radius 2 is 2.08 bits per heavy atom. The molecule has 0 spiro atoms. The second kappa shape index (κ2) is 7.98. The highest BCUT2D eigenvalue weighted by Crippen LogP contribution is 2.33. The van der Waals surface area contributed by atoms with E-state index in [4.69, 9.17) is 4.74 Å². The smallest absolute Gasteiger partial charge is 0.274 e. The number of nitrogens with one attached hydrogen (secondary N) is 1. The monoisotopic (exact) mass is 490 g/mol. The third kappa shape index (κ3) is 3.97. The molecule has 0 radical (unpaired) electrons. The number of carbonyl (C=O) groups is 2. The van der Waals surface area contributed by atoms with Crippen molar-refractivity contribution in [1.29, 1.82) is 0 Å². The Bertz CT molecular complexity index is 779. The van der Waals surface area contributed by atoms with E-state index >= 15 is 0 Å². The molecule has 1 aliphatic heterocycles. The maximum atomic E-state index is 12.9. The van der Waals surface area contributed by atoms with Gasteiger partial charge in [0.25, 0.3) is 11.8 Å². The van der Waals surface area contributed by atoms with E-state index in [9.17, 15) is 9.59 Å². The molecule has 1 fully saturated rings. The van der Waals surface area contributed by atoms with E-state index in [1.807, 2.05) is 6.92 Å². The number of amides is 2. The SMILES string of the molecule is CCn1ncc(NC(=O)c2cc(Br)c(Br)s2)c1C(=O)N1CCOCC1. The third-order valence-electron chi connectivity index (χ3n) is 3.76. The number of aryl methyl sites for hydroxylation is 1. The molecular formula is C15H16Br2N4O3S. The van der Waals surface area contributed by atoms with Crippen molar-refractivity contribution in [2.75, 3.05) is 31.6 Å².